The van der Waals surface area contributed by atoms with Gasteiger partial charge in [0.15, 0.2) is 5.82 Å². The molecule has 2 heterocycles. The van der Waals surface area contributed by atoms with Crippen LogP contribution in [-0.4, -0.2) is 30.8 Å². The molecule has 0 unspecified atom stereocenters. The van der Waals surface area contributed by atoms with Crippen LogP contribution in [0.3, 0.4) is 0 Å². The predicted octanol–water partition coefficient (Wildman–Crippen LogP) is 3.60. The van der Waals surface area contributed by atoms with Crippen LogP contribution < -0.4 is 0 Å². The van der Waals surface area contributed by atoms with Gasteiger partial charge < -0.3 is 5.11 Å². The van der Waals surface area contributed by atoms with Crippen LogP contribution in [0.1, 0.15) is 47.8 Å². The van der Waals surface area contributed by atoms with Gasteiger partial charge in [0, 0.05) is 30.8 Å². The third kappa shape index (κ3) is 3.79. The summed E-state index contributed by atoms with van der Waals surface area (Å²) in [6.45, 7) is 4.84. The van der Waals surface area contributed by atoms with Crippen LogP contribution in [0.25, 0.3) is 11.1 Å². The first-order valence-corrected chi connectivity index (χ1v) is 8.81. The van der Waals surface area contributed by atoms with E-state index in [1.165, 1.54) is 12.3 Å². The smallest absolute Gasteiger partial charge is 0.336 e. The lowest BCUT2D eigenvalue weighted by molar-refractivity contribution is 0.0697. The minimum Gasteiger partial charge on any atom is -0.478 e. The summed E-state index contributed by atoms with van der Waals surface area (Å²) < 4.78 is 1.96. The number of benzene rings is 1. The van der Waals surface area contributed by atoms with Crippen molar-refractivity contribution in [2.45, 2.75) is 39.7 Å². The molecule has 3 rings (SSSR count). The molecule has 0 saturated heterocycles. The second-order valence-electron chi connectivity index (χ2n) is 6.13. The van der Waals surface area contributed by atoms with Gasteiger partial charge in [-0.15, -0.1) is 0 Å². The van der Waals surface area contributed by atoms with Gasteiger partial charge in [-0.25, -0.2) is 14.5 Å². The molecule has 0 bridgehead atoms. The summed E-state index contributed by atoms with van der Waals surface area (Å²) >= 11 is 0. The van der Waals surface area contributed by atoms with Gasteiger partial charge in [0.1, 0.15) is 5.82 Å². The van der Waals surface area contributed by atoms with Gasteiger partial charge in [-0.05, 0) is 23.6 Å². The van der Waals surface area contributed by atoms with Gasteiger partial charge in [-0.2, -0.15) is 5.10 Å². The SMILES string of the molecule is CCCc1nc(CC)nn1Cc1ccc(-c2cnccc2C(=O)O)cc1. The summed E-state index contributed by atoms with van der Waals surface area (Å²) in [6, 6.07) is 9.37. The first-order chi connectivity index (χ1) is 12.6. The molecule has 0 aliphatic carbocycles. The number of carbonyl (C=O) groups is 1. The second kappa shape index (κ2) is 7.91. The van der Waals surface area contributed by atoms with E-state index in [1.807, 2.05) is 28.9 Å². The van der Waals surface area contributed by atoms with E-state index < -0.39 is 5.97 Å². The van der Waals surface area contributed by atoms with E-state index in [2.05, 4.69) is 28.9 Å². The molecule has 134 valence electrons. The molecule has 6 heteroatoms. The van der Waals surface area contributed by atoms with Gasteiger partial charge in [0.25, 0.3) is 0 Å². The number of hydrogen-bond donors (Lipinski definition) is 1. The van der Waals surface area contributed by atoms with Crippen molar-refractivity contribution in [2.24, 2.45) is 0 Å². The average Bonchev–Trinajstić information content (AvgIpc) is 3.04. The second-order valence-corrected chi connectivity index (χ2v) is 6.13. The van der Waals surface area contributed by atoms with Crippen molar-refractivity contribution in [2.75, 3.05) is 0 Å². The summed E-state index contributed by atoms with van der Waals surface area (Å²) in [5.41, 5.74) is 2.80. The normalized spacial score (nSPS) is 10.8. The van der Waals surface area contributed by atoms with Crippen molar-refractivity contribution in [1.82, 2.24) is 19.7 Å². The molecular weight excluding hydrogens is 328 g/mol. The fraction of sp³-hybridized carbons (Fsp3) is 0.300. The number of nitrogens with zero attached hydrogens (tertiary/aromatic N) is 4. The molecule has 3 aromatic rings. The standard InChI is InChI=1S/C20H22N4O2/c1-3-5-19-22-18(4-2)23-24(19)13-14-6-8-15(9-7-14)17-12-21-11-10-16(17)20(25)26/h6-12H,3-5,13H2,1-2H3,(H,25,26). The Balaban J connectivity index is 1.85. The topological polar surface area (TPSA) is 80.9 Å². The first-order valence-electron chi connectivity index (χ1n) is 8.81. The highest BCUT2D eigenvalue weighted by molar-refractivity contribution is 5.95. The molecule has 0 radical (unpaired) electrons. The summed E-state index contributed by atoms with van der Waals surface area (Å²) in [5, 5.41) is 13.9. The lowest BCUT2D eigenvalue weighted by atomic mass is 10.0. The summed E-state index contributed by atoms with van der Waals surface area (Å²) in [5.74, 6) is 0.922. The van der Waals surface area contributed by atoms with Crippen LogP contribution in [0.2, 0.25) is 0 Å². The third-order valence-corrected chi connectivity index (χ3v) is 4.23. The predicted molar refractivity (Wildman–Crippen MR) is 99.1 cm³/mol. The minimum atomic E-state index is -0.953. The molecule has 0 saturated carbocycles. The van der Waals surface area contributed by atoms with Crippen LogP contribution in [0, 0.1) is 0 Å². The maximum atomic E-state index is 11.4. The van der Waals surface area contributed by atoms with E-state index in [-0.39, 0.29) is 5.56 Å². The Morgan fingerprint density at radius 3 is 2.58 bits per heavy atom. The van der Waals surface area contributed by atoms with Crippen LogP contribution >= 0.6 is 0 Å². The quantitative estimate of drug-likeness (QED) is 0.704. The van der Waals surface area contributed by atoms with Crippen LogP contribution in [0.15, 0.2) is 42.7 Å². The molecular formula is C20H22N4O2. The molecule has 0 aliphatic rings. The first kappa shape index (κ1) is 17.8. The summed E-state index contributed by atoms with van der Waals surface area (Å²) in [6.07, 6.45) is 5.83. The van der Waals surface area contributed by atoms with E-state index in [0.717, 1.165) is 42.0 Å². The van der Waals surface area contributed by atoms with E-state index in [4.69, 9.17) is 0 Å². The molecule has 1 aromatic carbocycles. The Morgan fingerprint density at radius 2 is 1.92 bits per heavy atom. The molecule has 6 nitrogen and oxygen atoms in total. The van der Waals surface area contributed by atoms with E-state index in [0.29, 0.717) is 12.1 Å². The molecule has 0 fully saturated rings. The van der Waals surface area contributed by atoms with Gasteiger partial charge in [-0.1, -0.05) is 38.1 Å². The molecule has 0 amide bonds. The zero-order chi connectivity index (χ0) is 18.5. The Morgan fingerprint density at radius 1 is 1.15 bits per heavy atom. The molecule has 0 spiro atoms. The Kier molecular flexibility index (Phi) is 5.41. The summed E-state index contributed by atoms with van der Waals surface area (Å²) in [4.78, 5) is 20.0. The lowest BCUT2D eigenvalue weighted by Gasteiger charge is -2.08. The number of aromatic carboxylic acids is 1. The fourth-order valence-electron chi connectivity index (χ4n) is 2.88. The van der Waals surface area contributed by atoms with Crippen molar-refractivity contribution in [3.63, 3.8) is 0 Å². The molecule has 26 heavy (non-hydrogen) atoms. The van der Waals surface area contributed by atoms with Crippen molar-refractivity contribution < 1.29 is 9.90 Å². The van der Waals surface area contributed by atoms with Gasteiger partial charge in [-0.3, -0.25) is 4.98 Å². The number of rotatable bonds is 7. The van der Waals surface area contributed by atoms with Crippen LogP contribution in [0.5, 0.6) is 0 Å². The van der Waals surface area contributed by atoms with Crippen molar-refractivity contribution in [3.05, 3.63) is 65.5 Å². The van der Waals surface area contributed by atoms with E-state index in [1.54, 1.807) is 6.20 Å². The number of hydrogen-bond acceptors (Lipinski definition) is 4. The van der Waals surface area contributed by atoms with Crippen LogP contribution in [0.4, 0.5) is 0 Å². The minimum absolute atomic E-state index is 0.252. The lowest BCUT2D eigenvalue weighted by Crippen LogP contribution is -2.07. The van der Waals surface area contributed by atoms with Crippen molar-refractivity contribution in [3.8, 4) is 11.1 Å². The van der Waals surface area contributed by atoms with E-state index in [9.17, 15) is 9.90 Å². The highest BCUT2D eigenvalue weighted by Crippen LogP contribution is 2.23. The number of pyridine rings is 1. The monoisotopic (exact) mass is 350 g/mol. The maximum Gasteiger partial charge on any atom is 0.336 e. The molecule has 0 atom stereocenters. The number of carboxylic acids is 1. The number of aryl methyl sites for hydroxylation is 2. The van der Waals surface area contributed by atoms with Gasteiger partial charge >= 0.3 is 5.97 Å². The van der Waals surface area contributed by atoms with Crippen molar-refractivity contribution >= 4 is 5.97 Å². The molecule has 2 aromatic heterocycles. The Hall–Kier alpha value is -3.02. The Labute approximate surface area is 152 Å². The van der Waals surface area contributed by atoms with Crippen LogP contribution in [-0.2, 0) is 19.4 Å². The highest BCUT2D eigenvalue weighted by atomic mass is 16.4. The zero-order valence-corrected chi connectivity index (χ0v) is 15.0. The van der Waals surface area contributed by atoms with Gasteiger partial charge in [0.05, 0.1) is 12.1 Å². The summed E-state index contributed by atoms with van der Waals surface area (Å²) in [7, 11) is 0. The largest absolute Gasteiger partial charge is 0.478 e. The number of carboxylic acid groups (broad SMARTS) is 1. The number of aromatic nitrogens is 4. The zero-order valence-electron chi connectivity index (χ0n) is 15.0. The third-order valence-electron chi connectivity index (χ3n) is 4.23. The van der Waals surface area contributed by atoms with Gasteiger partial charge in [0.2, 0.25) is 0 Å². The average molecular weight is 350 g/mol. The maximum absolute atomic E-state index is 11.4. The van der Waals surface area contributed by atoms with E-state index >= 15 is 0 Å². The fourth-order valence-corrected chi connectivity index (χ4v) is 2.88. The highest BCUT2D eigenvalue weighted by Gasteiger charge is 2.12. The molecule has 1 N–H and O–H groups in total. The molecule has 0 aliphatic heterocycles. The Bertz CT molecular complexity index is 900. The van der Waals surface area contributed by atoms with Crippen molar-refractivity contribution in [1.29, 1.82) is 0 Å².